The molecule has 0 aliphatic carbocycles. The Morgan fingerprint density at radius 3 is 2.43 bits per heavy atom. The van der Waals surface area contributed by atoms with Crippen molar-refractivity contribution in [2.75, 3.05) is 12.4 Å². The fourth-order valence-electron chi connectivity index (χ4n) is 3.01. The van der Waals surface area contributed by atoms with Crippen molar-refractivity contribution in [1.82, 2.24) is 0 Å². The Balaban J connectivity index is 1.89. The number of methoxy groups -OCH3 is 1. The second-order valence-electron chi connectivity index (χ2n) is 6.69. The van der Waals surface area contributed by atoms with Gasteiger partial charge in [-0.05, 0) is 54.1 Å². The van der Waals surface area contributed by atoms with Crippen LogP contribution in [-0.2, 0) is 4.79 Å². The molecule has 1 atom stereocenters. The minimum Gasteiger partial charge on any atom is -0.497 e. The molecule has 0 aromatic heterocycles. The highest BCUT2D eigenvalue weighted by molar-refractivity contribution is 9.10. The lowest BCUT2D eigenvalue weighted by Crippen LogP contribution is -2.08. The summed E-state index contributed by atoms with van der Waals surface area (Å²) < 4.78 is 6.14. The lowest BCUT2D eigenvalue weighted by Gasteiger charge is -2.19. The topological polar surface area (TPSA) is 55.4 Å². The van der Waals surface area contributed by atoms with Crippen molar-refractivity contribution in [3.63, 3.8) is 0 Å². The summed E-state index contributed by atoms with van der Waals surface area (Å²) in [6, 6.07) is 22.8. The third kappa shape index (κ3) is 5.97. The number of ether oxygens (including phenoxy) is 1. The minimum absolute atomic E-state index is 0.0483. The lowest BCUT2D eigenvalue weighted by atomic mass is 10.0. The van der Waals surface area contributed by atoms with E-state index in [1.54, 1.807) is 43.1 Å². The number of carbonyl (C=O) groups is 2. The van der Waals surface area contributed by atoms with Crippen LogP contribution in [0.1, 0.15) is 34.5 Å². The van der Waals surface area contributed by atoms with Crippen molar-refractivity contribution < 1.29 is 14.3 Å². The summed E-state index contributed by atoms with van der Waals surface area (Å²) in [6.45, 7) is 1.49. The van der Waals surface area contributed by atoms with Gasteiger partial charge in [0.25, 0.3) is 0 Å². The van der Waals surface area contributed by atoms with Gasteiger partial charge >= 0.3 is 0 Å². The number of Topliss-reactive ketones (excluding diaryl/α,β-unsaturated/α-hetero) is 1. The van der Waals surface area contributed by atoms with E-state index < -0.39 is 0 Å². The first kappa shape index (κ1) is 22.1. The molecule has 3 rings (SSSR count). The largest absolute Gasteiger partial charge is 0.497 e. The zero-order chi connectivity index (χ0) is 21.5. The molecule has 6 heteroatoms. The Kier molecular flexibility index (Phi) is 7.71. The van der Waals surface area contributed by atoms with Crippen LogP contribution in [0.15, 0.2) is 82.2 Å². The van der Waals surface area contributed by atoms with E-state index >= 15 is 0 Å². The molecule has 0 radical (unpaired) electrons. The quantitative estimate of drug-likeness (QED) is 0.292. The van der Waals surface area contributed by atoms with Crippen LogP contribution in [0, 0.1) is 0 Å². The van der Waals surface area contributed by atoms with Crippen molar-refractivity contribution in [2.24, 2.45) is 0 Å². The second-order valence-corrected chi connectivity index (χ2v) is 8.85. The normalized spacial score (nSPS) is 11.6. The summed E-state index contributed by atoms with van der Waals surface area (Å²) in [4.78, 5) is 25.5. The van der Waals surface area contributed by atoms with E-state index in [2.05, 4.69) is 21.2 Å². The molecule has 3 aromatic carbocycles. The molecule has 30 heavy (non-hydrogen) atoms. The zero-order valence-electron chi connectivity index (χ0n) is 16.7. The summed E-state index contributed by atoms with van der Waals surface area (Å²) in [7, 11) is 1.60. The fraction of sp³-hybridized carbons (Fsp3) is 0.167. The molecule has 4 nitrogen and oxygen atoms in total. The molecule has 0 heterocycles. The summed E-state index contributed by atoms with van der Waals surface area (Å²) in [5.74, 6) is 0.636. The second kappa shape index (κ2) is 10.5. The van der Waals surface area contributed by atoms with Gasteiger partial charge in [-0.25, -0.2) is 0 Å². The van der Waals surface area contributed by atoms with Gasteiger partial charge in [0.05, 0.1) is 12.8 Å². The minimum atomic E-state index is -0.128. The first-order valence-electron chi connectivity index (χ1n) is 9.42. The lowest BCUT2D eigenvalue weighted by molar-refractivity contribution is -0.114. The van der Waals surface area contributed by atoms with Crippen molar-refractivity contribution in [1.29, 1.82) is 0 Å². The average molecular weight is 484 g/mol. The van der Waals surface area contributed by atoms with Gasteiger partial charge in [0, 0.05) is 33.5 Å². The van der Waals surface area contributed by atoms with Gasteiger partial charge in [0.2, 0.25) is 5.91 Å². The Bertz CT molecular complexity index is 1040. The Morgan fingerprint density at radius 2 is 1.77 bits per heavy atom. The molecule has 0 aliphatic rings. The van der Waals surface area contributed by atoms with E-state index in [0.717, 1.165) is 20.6 Å². The van der Waals surface area contributed by atoms with Crippen LogP contribution < -0.4 is 10.1 Å². The number of hydrogen-bond acceptors (Lipinski definition) is 4. The first-order valence-corrected chi connectivity index (χ1v) is 11.1. The Hall–Kier alpha value is -2.57. The van der Waals surface area contributed by atoms with Crippen molar-refractivity contribution >= 4 is 45.1 Å². The van der Waals surface area contributed by atoms with Gasteiger partial charge in [-0.2, -0.15) is 0 Å². The maximum atomic E-state index is 13.0. The zero-order valence-corrected chi connectivity index (χ0v) is 19.1. The average Bonchev–Trinajstić information content (AvgIpc) is 2.74. The van der Waals surface area contributed by atoms with E-state index in [-0.39, 0.29) is 16.9 Å². The standard InChI is InChI=1S/C24H22BrNO3S/c1-16(27)26-21-8-3-4-9-23(21)30-24(18-6-5-7-19(25)14-18)15-22(28)17-10-12-20(29-2)13-11-17/h3-14,24H,15H2,1-2H3,(H,26,27)/t24-/m0/s1. The highest BCUT2D eigenvalue weighted by Gasteiger charge is 2.20. The number of carbonyl (C=O) groups excluding carboxylic acids is 2. The smallest absolute Gasteiger partial charge is 0.221 e. The molecule has 0 fully saturated rings. The van der Waals surface area contributed by atoms with Gasteiger partial charge in [-0.15, -0.1) is 11.8 Å². The predicted molar refractivity (Wildman–Crippen MR) is 125 cm³/mol. The van der Waals surface area contributed by atoms with E-state index in [9.17, 15) is 9.59 Å². The third-order valence-corrected chi connectivity index (χ3v) is 6.30. The molecular formula is C24H22BrNO3S. The van der Waals surface area contributed by atoms with Crippen LogP contribution >= 0.6 is 27.7 Å². The van der Waals surface area contributed by atoms with Crippen LogP contribution in [0.5, 0.6) is 5.75 Å². The van der Waals surface area contributed by atoms with Gasteiger partial charge in [0.15, 0.2) is 5.78 Å². The number of para-hydroxylation sites is 1. The highest BCUT2D eigenvalue weighted by atomic mass is 79.9. The summed E-state index contributed by atoms with van der Waals surface area (Å²) in [5.41, 5.74) is 2.42. The van der Waals surface area contributed by atoms with E-state index in [1.807, 2.05) is 48.5 Å². The van der Waals surface area contributed by atoms with Gasteiger partial charge < -0.3 is 10.1 Å². The Labute approximate surface area is 189 Å². The molecule has 0 saturated carbocycles. The molecule has 0 bridgehead atoms. The molecule has 0 unspecified atom stereocenters. The first-order chi connectivity index (χ1) is 14.5. The number of anilines is 1. The number of ketones is 1. The van der Waals surface area contributed by atoms with Gasteiger partial charge in [0.1, 0.15) is 5.75 Å². The van der Waals surface area contributed by atoms with Crippen molar-refractivity contribution in [3.05, 3.63) is 88.4 Å². The maximum Gasteiger partial charge on any atom is 0.221 e. The fourth-order valence-corrected chi connectivity index (χ4v) is 4.66. The predicted octanol–water partition coefficient (Wildman–Crippen LogP) is 6.52. The van der Waals surface area contributed by atoms with Crippen LogP contribution in [-0.4, -0.2) is 18.8 Å². The van der Waals surface area contributed by atoms with Crippen LogP contribution in [0.25, 0.3) is 0 Å². The van der Waals surface area contributed by atoms with Crippen LogP contribution in [0.4, 0.5) is 5.69 Å². The molecule has 3 aromatic rings. The molecular weight excluding hydrogens is 462 g/mol. The van der Waals surface area contributed by atoms with Gasteiger partial charge in [-0.3, -0.25) is 9.59 Å². The summed E-state index contributed by atoms with van der Waals surface area (Å²) >= 11 is 5.09. The van der Waals surface area contributed by atoms with Gasteiger partial charge in [-0.1, -0.05) is 40.2 Å². The maximum absolute atomic E-state index is 13.0. The number of thioether (sulfide) groups is 1. The summed E-state index contributed by atoms with van der Waals surface area (Å²) in [5, 5.41) is 2.75. The van der Waals surface area contributed by atoms with Crippen LogP contribution in [0.2, 0.25) is 0 Å². The molecule has 0 spiro atoms. The van der Waals surface area contributed by atoms with Crippen LogP contribution in [0.3, 0.4) is 0 Å². The molecule has 0 saturated heterocycles. The third-order valence-electron chi connectivity index (χ3n) is 4.47. The van der Waals surface area contributed by atoms with E-state index in [4.69, 9.17) is 4.74 Å². The number of rotatable bonds is 8. The summed E-state index contributed by atoms with van der Waals surface area (Å²) in [6.07, 6.45) is 0.321. The van der Waals surface area contributed by atoms with Crippen molar-refractivity contribution in [3.8, 4) is 5.75 Å². The number of amides is 1. The monoisotopic (exact) mass is 483 g/mol. The molecule has 1 amide bonds. The number of nitrogens with one attached hydrogen (secondary N) is 1. The van der Waals surface area contributed by atoms with Crippen molar-refractivity contribution in [2.45, 2.75) is 23.5 Å². The van der Waals surface area contributed by atoms with E-state index in [1.165, 1.54) is 6.92 Å². The molecule has 0 aliphatic heterocycles. The SMILES string of the molecule is COc1ccc(C(=O)C[C@H](Sc2ccccc2NC(C)=O)c2cccc(Br)c2)cc1. The highest BCUT2D eigenvalue weighted by Crippen LogP contribution is 2.42. The Morgan fingerprint density at radius 1 is 1.03 bits per heavy atom. The number of halogens is 1. The molecule has 154 valence electrons. The number of hydrogen-bond donors (Lipinski definition) is 1. The molecule has 1 N–H and O–H groups in total. The van der Waals surface area contributed by atoms with E-state index in [0.29, 0.717) is 17.7 Å². The number of benzene rings is 3.